The predicted molar refractivity (Wildman–Crippen MR) is 52.3 cm³/mol. The molecule has 0 aromatic carbocycles. The van der Waals surface area contributed by atoms with Gasteiger partial charge in [0.05, 0.1) is 0 Å². The molecule has 0 amide bonds. The Morgan fingerprint density at radius 2 is 1.75 bits per heavy atom. The summed E-state index contributed by atoms with van der Waals surface area (Å²) in [6, 6.07) is 0. The van der Waals surface area contributed by atoms with Gasteiger partial charge in [-0.25, -0.2) is 0 Å². The number of carbonyl (C=O) groups is 1. The zero-order valence-electron chi connectivity index (χ0n) is 8.76. The Morgan fingerprint density at radius 1 is 1.33 bits per heavy atom. The summed E-state index contributed by atoms with van der Waals surface area (Å²) in [7, 11) is 0. The Balaban J connectivity index is 0. The minimum Gasteiger partial charge on any atom is -0.481 e. The quantitative estimate of drug-likeness (QED) is 0.664. The topological polar surface area (TPSA) is 37.3 Å². The number of carboxylic acid groups (broad SMARTS) is 1. The van der Waals surface area contributed by atoms with Gasteiger partial charge in [-0.15, -0.1) is 0 Å². The molecule has 2 nitrogen and oxygen atoms in total. The molecular formula is C10H22O2. The van der Waals surface area contributed by atoms with Gasteiger partial charge < -0.3 is 5.11 Å². The molecule has 0 aliphatic carbocycles. The molecular weight excluding hydrogens is 152 g/mol. The van der Waals surface area contributed by atoms with Gasteiger partial charge in [-0.3, -0.25) is 4.79 Å². The van der Waals surface area contributed by atoms with Crippen LogP contribution in [0.1, 0.15) is 53.4 Å². The van der Waals surface area contributed by atoms with Crippen LogP contribution in [0.4, 0.5) is 0 Å². The fourth-order valence-electron chi connectivity index (χ4n) is 0.803. The van der Waals surface area contributed by atoms with Crippen LogP contribution in [0.3, 0.4) is 0 Å². The minimum absolute atomic E-state index is 0.833. The van der Waals surface area contributed by atoms with Crippen LogP contribution >= 0.6 is 0 Å². The lowest BCUT2D eigenvalue weighted by Gasteiger charge is -2.00. The van der Waals surface area contributed by atoms with E-state index in [1.807, 2.05) is 0 Å². The summed E-state index contributed by atoms with van der Waals surface area (Å²) in [5.41, 5.74) is 0. The maximum atomic E-state index is 9.00. The summed E-state index contributed by atoms with van der Waals surface area (Å²) < 4.78 is 0. The molecule has 0 unspecified atom stereocenters. The second-order valence-electron chi connectivity index (χ2n) is 3.41. The van der Waals surface area contributed by atoms with Crippen molar-refractivity contribution in [2.45, 2.75) is 53.4 Å². The van der Waals surface area contributed by atoms with Crippen molar-refractivity contribution >= 4 is 5.97 Å². The van der Waals surface area contributed by atoms with E-state index in [2.05, 4.69) is 20.8 Å². The number of hydrogen-bond donors (Lipinski definition) is 1. The number of carboxylic acids is 1. The first-order chi connectivity index (χ1) is 5.50. The van der Waals surface area contributed by atoms with Crippen molar-refractivity contribution in [2.24, 2.45) is 5.92 Å². The molecule has 12 heavy (non-hydrogen) atoms. The molecule has 0 aliphatic rings. The van der Waals surface area contributed by atoms with E-state index in [4.69, 9.17) is 9.90 Å². The maximum absolute atomic E-state index is 9.00. The van der Waals surface area contributed by atoms with Gasteiger partial charge in [0, 0.05) is 6.92 Å². The van der Waals surface area contributed by atoms with Crippen LogP contribution in [-0.2, 0) is 4.79 Å². The molecule has 0 bridgehead atoms. The summed E-state index contributed by atoms with van der Waals surface area (Å²) in [6.07, 6.45) is 5.60. The van der Waals surface area contributed by atoms with Gasteiger partial charge in [-0.05, 0) is 5.92 Å². The molecule has 0 aromatic rings. The Labute approximate surface area is 76.0 Å². The van der Waals surface area contributed by atoms with E-state index < -0.39 is 5.97 Å². The molecule has 0 aromatic heterocycles. The first kappa shape index (κ1) is 14.0. The standard InChI is InChI=1S/C8H18.C2H4O2/c1-4-5-6-7-8(2)3;1-2(3)4/h8H,4-7H2,1-3H3;1H3,(H,3,4). The molecule has 74 valence electrons. The van der Waals surface area contributed by atoms with Gasteiger partial charge in [0.1, 0.15) is 0 Å². The molecule has 0 fully saturated rings. The third-order valence-electron chi connectivity index (χ3n) is 1.39. The number of hydrogen-bond acceptors (Lipinski definition) is 1. The molecule has 0 spiro atoms. The first-order valence-electron chi connectivity index (χ1n) is 4.70. The van der Waals surface area contributed by atoms with Gasteiger partial charge in [0.15, 0.2) is 0 Å². The molecule has 0 saturated heterocycles. The van der Waals surface area contributed by atoms with Crippen molar-refractivity contribution < 1.29 is 9.90 Å². The van der Waals surface area contributed by atoms with Gasteiger partial charge in [-0.2, -0.15) is 0 Å². The molecule has 0 aliphatic heterocycles. The van der Waals surface area contributed by atoms with Crippen LogP contribution in [0.15, 0.2) is 0 Å². The zero-order valence-corrected chi connectivity index (χ0v) is 8.76. The monoisotopic (exact) mass is 174 g/mol. The highest BCUT2D eigenvalue weighted by Gasteiger charge is 1.90. The Bertz CT molecular complexity index is 94.0. The van der Waals surface area contributed by atoms with Crippen molar-refractivity contribution in [2.75, 3.05) is 0 Å². The SMILES string of the molecule is CC(=O)O.CCCCCC(C)C. The largest absolute Gasteiger partial charge is 0.481 e. The van der Waals surface area contributed by atoms with Gasteiger partial charge in [-0.1, -0.05) is 46.5 Å². The van der Waals surface area contributed by atoms with Crippen molar-refractivity contribution in [3.63, 3.8) is 0 Å². The Hall–Kier alpha value is -0.530. The van der Waals surface area contributed by atoms with Crippen LogP contribution in [-0.4, -0.2) is 11.1 Å². The van der Waals surface area contributed by atoms with E-state index in [0.717, 1.165) is 12.8 Å². The van der Waals surface area contributed by atoms with Gasteiger partial charge in [0.25, 0.3) is 5.97 Å². The van der Waals surface area contributed by atoms with E-state index in [1.165, 1.54) is 25.7 Å². The van der Waals surface area contributed by atoms with Crippen molar-refractivity contribution in [3.05, 3.63) is 0 Å². The lowest BCUT2D eigenvalue weighted by atomic mass is 10.1. The average Bonchev–Trinajstić information content (AvgIpc) is 1.86. The van der Waals surface area contributed by atoms with Gasteiger partial charge in [0.2, 0.25) is 0 Å². The lowest BCUT2D eigenvalue weighted by molar-refractivity contribution is -0.134. The summed E-state index contributed by atoms with van der Waals surface area (Å²) in [6.45, 7) is 7.91. The highest BCUT2D eigenvalue weighted by atomic mass is 16.4. The maximum Gasteiger partial charge on any atom is 0.300 e. The zero-order chi connectivity index (χ0) is 9.98. The fourth-order valence-corrected chi connectivity index (χ4v) is 0.803. The Kier molecular flexibility index (Phi) is 12.2. The summed E-state index contributed by atoms with van der Waals surface area (Å²) in [5, 5.41) is 7.42. The molecule has 0 atom stereocenters. The third-order valence-corrected chi connectivity index (χ3v) is 1.39. The molecule has 0 rings (SSSR count). The Morgan fingerprint density at radius 3 is 2.00 bits per heavy atom. The second kappa shape index (κ2) is 10.5. The number of rotatable bonds is 4. The number of aliphatic carboxylic acids is 1. The van der Waals surface area contributed by atoms with Crippen LogP contribution in [0, 0.1) is 5.92 Å². The highest BCUT2D eigenvalue weighted by molar-refractivity contribution is 5.62. The minimum atomic E-state index is -0.833. The molecule has 2 heteroatoms. The van der Waals surface area contributed by atoms with Crippen LogP contribution in [0.25, 0.3) is 0 Å². The average molecular weight is 174 g/mol. The smallest absolute Gasteiger partial charge is 0.300 e. The van der Waals surface area contributed by atoms with Crippen molar-refractivity contribution in [1.29, 1.82) is 0 Å². The molecule has 0 heterocycles. The lowest BCUT2D eigenvalue weighted by Crippen LogP contribution is -1.85. The fraction of sp³-hybridized carbons (Fsp3) is 0.900. The second-order valence-corrected chi connectivity index (χ2v) is 3.41. The molecule has 1 N–H and O–H groups in total. The molecule has 0 radical (unpaired) electrons. The predicted octanol–water partition coefficient (Wildman–Crippen LogP) is 3.31. The van der Waals surface area contributed by atoms with E-state index in [1.54, 1.807) is 0 Å². The van der Waals surface area contributed by atoms with Crippen LogP contribution < -0.4 is 0 Å². The van der Waals surface area contributed by atoms with E-state index >= 15 is 0 Å². The third kappa shape index (κ3) is 34.0. The van der Waals surface area contributed by atoms with Crippen molar-refractivity contribution in [1.82, 2.24) is 0 Å². The van der Waals surface area contributed by atoms with Crippen LogP contribution in [0.5, 0.6) is 0 Å². The molecule has 0 saturated carbocycles. The van der Waals surface area contributed by atoms with Crippen LogP contribution in [0.2, 0.25) is 0 Å². The first-order valence-corrected chi connectivity index (χ1v) is 4.70. The van der Waals surface area contributed by atoms with E-state index in [0.29, 0.717) is 0 Å². The van der Waals surface area contributed by atoms with E-state index in [9.17, 15) is 0 Å². The van der Waals surface area contributed by atoms with E-state index in [-0.39, 0.29) is 0 Å². The van der Waals surface area contributed by atoms with Gasteiger partial charge >= 0.3 is 0 Å². The normalized spacial score (nSPS) is 9.08. The number of unbranched alkanes of at least 4 members (excludes halogenated alkanes) is 2. The van der Waals surface area contributed by atoms with Crippen molar-refractivity contribution in [3.8, 4) is 0 Å². The summed E-state index contributed by atoms with van der Waals surface area (Å²) in [4.78, 5) is 9.00. The summed E-state index contributed by atoms with van der Waals surface area (Å²) >= 11 is 0. The highest BCUT2D eigenvalue weighted by Crippen LogP contribution is 2.06. The summed E-state index contributed by atoms with van der Waals surface area (Å²) in [5.74, 6) is 0.0709.